The van der Waals surface area contributed by atoms with E-state index in [-0.39, 0.29) is 5.56 Å². The summed E-state index contributed by atoms with van der Waals surface area (Å²) in [5, 5.41) is 8.36. The Morgan fingerprint density at radius 2 is 1.93 bits per heavy atom. The molecule has 0 aliphatic rings. The lowest BCUT2D eigenvalue weighted by Gasteiger charge is -1.99. The standard InChI is InChI=1S/C11H10O4/c1-7-3-2-4-8(5-7)11(15)9(12)6-10(13)14/h2-5H,6H2,1H3,(H,13,14). The Hall–Kier alpha value is -1.97. The van der Waals surface area contributed by atoms with Gasteiger partial charge in [0, 0.05) is 5.56 Å². The topological polar surface area (TPSA) is 71.4 Å². The van der Waals surface area contributed by atoms with Crippen LogP contribution >= 0.6 is 0 Å². The number of carboxylic acid groups (broad SMARTS) is 1. The molecule has 0 atom stereocenters. The van der Waals surface area contributed by atoms with Crippen molar-refractivity contribution in [2.45, 2.75) is 13.3 Å². The van der Waals surface area contributed by atoms with Crippen molar-refractivity contribution >= 4 is 17.5 Å². The number of aryl methyl sites for hydroxylation is 1. The third-order valence-corrected chi connectivity index (χ3v) is 1.85. The molecule has 0 saturated carbocycles. The molecule has 4 nitrogen and oxygen atoms in total. The summed E-state index contributed by atoms with van der Waals surface area (Å²) in [5.41, 5.74) is 1.09. The lowest BCUT2D eigenvalue weighted by atomic mass is 10.0. The number of hydrogen-bond donors (Lipinski definition) is 1. The van der Waals surface area contributed by atoms with Crippen molar-refractivity contribution in [2.75, 3.05) is 0 Å². The molecule has 0 aliphatic heterocycles. The Labute approximate surface area is 86.5 Å². The smallest absolute Gasteiger partial charge is 0.311 e. The van der Waals surface area contributed by atoms with Crippen molar-refractivity contribution < 1.29 is 19.5 Å². The van der Waals surface area contributed by atoms with Crippen molar-refractivity contribution in [1.82, 2.24) is 0 Å². The number of aliphatic carboxylic acids is 1. The molecule has 0 spiro atoms. The molecule has 15 heavy (non-hydrogen) atoms. The summed E-state index contributed by atoms with van der Waals surface area (Å²) >= 11 is 0. The molecule has 0 heterocycles. The van der Waals surface area contributed by atoms with Gasteiger partial charge in [0.15, 0.2) is 0 Å². The fraction of sp³-hybridized carbons (Fsp3) is 0.182. The number of carboxylic acids is 1. The monoisotopic (exact) mass is 206 g/mol. The summed E-state index contributed by atoms with van der Waals surface area (Å²) in [6, 6.07) is 6.49. The molecule has 0 unspecified atom stereocenters. The Morgan fingerprint density at radius 3 is 2.47 bits per heavy atom. The normalized spacial score (nSPS) is 9.67. The average Bonchev–Trinajstić information content (AvgIpc) is 2.15. The van der Waals surface area contributed by atoms with Crippen LogP contribution in [0.1, 0.15) is 22.3 Å². The largest absolute Gasteiger partial charge is 0.481 e. The second-order valence-electron chi connectivity index (χ2n) is 3.19. The van der Waals surface area contributed by atoms with Gasteiger partial charge in [-0.1, -0.05) is 23.8 Å². The zero-order valence-electron chi connectivity index (χ0n) is 8.19. The van der Waals surface area contributed by atoms with Crippen molar-refractivity contribution in [1.29, 1.82) is 0 Å². The van der Waals surface area contributed by atoms with E-state index < -0.39 is 24.0 Å². The highest BCUT2D eigenvalue weighted by Gasteiger charge is 2.18. The van der Waals surface area contributed by atoms with E-state index in [4.69, 9.17) is 5.11 Å². The minimum absolute atomic E-state index is 0.237. The van der Waals surface area contributed by atoms with Crippen LogP contribution in [0.3, 0.4) is 0 Å². The zero-order chi connectivity index (χ0) is 11.4. The van der Waals surface area contributed by atoms with Gasteiger partial charge in [0.25, 0.3) is 0 Å². The number of benzene rings is 1. The van der Waals surface area contributed by atoms with Gasteiger partial charge in [-0.25, -0.2) is 0 Å². The summed E-state index contributed by atoms with van der Waals surface area (Å²) < 4.78 is 0. The van der Waals surface area contributed by atoms with Gasteiger partial charge in [-0.15, -0.1) is 0 Å². The van der Waals surface area contributed by atoms with E-state index in [1.807, 2.05) is 0 Å². The molecule has 1 aromatic rings. The first-order valence-electron chi connectivity index (χ1n) is 4.36. The summed E-state index contributed by atoms with van der Waals surface area (Å²) in [4.78, 5) is 32.8. The molecule has 0 amide bonds. The van der Waals surface area contributed by atoms with Crippen LogP contribution in [0, 0.1) is 6.92 Å². The van der Waals surface area contributed by atoms with Crippen LogP contribution < -0.4 is 0 Å². The van der Waals surface area contributed by atoms with Crippen LogP contribution in [0.25, 0.3) is 0 Å². The maximum absolute atomic E-state index is 11.4. The lowest BCUT2D eigenvalue weighted by molar-refractivity contribution is -0.139. The lowest BCUT2D eigenvalue weighted by Crippen LogP contribution is -2.17. The van der Waals surface area contributed by atoms with Gasteiger partial charge in [-0.3, -0.25) is 14.4 Å². The number of carbonyl (C=O) groups is 3. The highest BCUT2D eigenvalue weighted by molar-refractivity contribution is 6.45. The Balaban J connectivity index is 2.85. The van der Waals surface area contributed by atoms with Gasteiger partial charge >= 0.3 is 5.97 Å². The van der Waals surface area contributed by atoms with E-state index in [1.165, 1.54) is 6.07 Å². The number of hydrogen-bond acceptors (Lipinski definition) is 3. The second kappa shape index (κ2) is 4.50. The van der Waals surface area contributed by atoms with Crippen LogP contribution in [0.4, 0.5) is 0 Å². The maximum Gasteiger partial charge on any atom is 0.311 e. The number of Topliss-reactive ketones (excluding diaryl/α,β-unsaturated/α-hetero) is 2. The summed E-state index contributed by atoms with van der Waals surface area (Å²) in [6.45, 7) is 1.79. The Kier molecular flexibility index (Phi) is 3.33. The van der Waals surface area contributed by atoms with Gasteiger partial charge < -0.3 is 5.11 Å². The van der Waals surface area contributed by atoms with Crippen molar-refractivity contribution in [3.63, 3.8) is 0 Å². The van der Waals surface area contributed by atoms with Gasteiger partial charge in [0.05, 0.1) is 0 Å². The molecule has 0 fully saturated rings. The van der Waals surface area contributed by atoms with E-state index >= 15 is 0 Å². The van der Waals surface area contributed by atoms with Crippen molar-refractivity contribution in [3.8, 4) is 0 Å². The molecule has 0 aromatic heterocycles. The molecule has 78 valence electrons. The minimum Gasteiger partial charge on any atom is -0.481 e. The minimum atomic E-state index is -1.29. The highest BCUT2D eigenvalue weighted by Crippen LogP contribution is 2.06. The van der Waals surface area contributed by atoms with E-state index in [2.05, 4.69) is 0 Å². The van der Waals surface area contributed by atoms with Crippen LogP contribution in [-0.4, -0.2) is 22.6 Å². The molecule has 1 rings (SSSR count). The molecular weight excluding hydrogens is 196 g/mol. The molecule has 0 radical (unpaired) electrons. The SMILES string of the molecule is Cc1cccc(C(=O)C(=O)CC(=O)O)c1. The number of rotatable bonds is 4. The highest BCUT2D eigenvalue weighted by atomic mass is 16.4. The molecule has 1 aromatic carbocycles. The Morgan fingerprint density at radius 1 is 1.27 bits per heavy atom. The first-order chi connectivity index (χ1) is 7.00. The van der Waals surface area contributed by atoms with Crippen LogP contribution in [0.15, 0.2) is 24.3 Å². The molecule has 0 saturated heterocycles. The van der Waals surface area contributed by atoms with E-state index in [0.717, 1.165) is 5.56 Å². The van der Waals surface area contributed by atoms with Gasteiger partial charge in [0.1, 0.15) is 6.42 Å². The van der Waals surface area contributed by atoms with Crippen LogP contribution in [-0.2, 0) is 9.59 Å². The number of ketones is 2. The molecular formula is C11H10O4. The second-order valence-corrected chi connectivity index (χ2v) is 3.19. The van der Waals surface area contributed by atoms with Crippen molar-refractivity contribution in [2.24, 2.45) is 0 Å². The fourth-order valence-electron chi connectivity index (χ4n) is 1.16. The van der Waals surface area contributed by atoms with Gasteiger partial charge in [-0.2, -0.15) is 0 Å². The fourth-order valence-corrected chi connectivity index (χ4v) is 1.16. The zero-order valence-corrected chi connectivity index (χ0v) is 8.19. The number of carbonyl (C=O) groups excluding carboxylic acids is 2. The van der Waals surface area contributed by atoms with E-state index in [9.17, 15) is 14.4 Å². The van der Waals surface area contributed by atoms with Crippen molar-refractivity contribution in [3.05, 3.63) is 35.4 Å². The first-order valence-corrected chi connectivity index (χ1v) is 4.36. The van der Waals surface area contributed by atoms with Gasteiger partial charge in [0.2, 0.25) is 11.6 Å². The quantitative estimate of drug-likeness (QED) is 0.456. The molecule has 1 N–H and O–H groups in total. The predicted molar refractivity (Wildman–Crippen MR) is 52.8 cm³/mol. The van der Waals surface area contributed by atoms with E-state index in [0.29, 0.717) is 0 Å². The third kappa shape index (κ3) is 3.02. The maximum atomic E-state index is 11.4. The summed E-state index contributed by atoms with van der Waals surface area (Å²) in [5.74, 6) is -2.93. The average molecular weight is 206 g/mol. The summed E-state index contributed by atoms with van der Waals surface area (Å²) in [7, 11) is 0. The molecule has 0 aliphatic carbocycles. The first kappa shape index (κ1) is 11.1. The van der Waals surface area contributed by atoms with Crippen LogP contribution in [0.5, 0.6) is 0 Å². The van der Waals surface area contributed by atoms with Gasteiger partial charge in [-0.05, 0) is 13.0 Å². The summed E-state index contributed by atoms with van der Waals surface area (Å²) in [6.07, 6.45) is -0.757. The van der Waals surface area contributed by atoms with E-state index in [1.54, 1.807) is 25.1 Å². The Bertz CT molecular complexity index is 420. The molecule has 4 heteroatoms. The predicted octanol–water partition coefficient (Wildman–Crippen LogP) is 1.22. The van der Waals surface area contributed by atoms with Crippen LogP contribution in [0.2, 0.25) is 0 Å². The third-order valence-electron chi connectivity index (χ3n) is 1.85. The molecule has 0 bridgehead atoms.